The number of nitrogens with zero attached hydrogens (tertiary/aromatic N) is 1. The molecule has 0 bridgehead atoms. The molecule has 76 valence electrons. The normalized spacial score (nSPS) is 10.0. The first kappa shape index (κ1) is 11.3. The summed E-state index contributed by atoms with van der Waals surface area (Å²) < 4.78 is 13.3. The zero-order valence-corrected chi connectivity index (χ0v) is 8.94. The van der Waals surface area contributed by atoms with Crippen molar-refractivity contribution in [1.82, 2.24) is 0 Å². The monoisotopic (exact) mass is 235 g/mol. The van der Waals surface area contributed by atoms with Crippen molar-refractivity contribution in [2.45, 2.75) is 6.92 Å². The van der Waals surface area contributed by atoms with Crippen molar-refractivity contribution >= 4 is 34.3 Å². The van der Waals surface area contributed by atoms with E-state index in [-0.39, 0.29) is 11.7 Å². The number of benzene rings is 1. The SMILES string of the molecule is Cc1ccc(N(CCl)C(=O)Cl)c(F)c1. The number of carbonyl (C=O) groups is 1. The van der Waals surface area contributed by atoms with Gasteiger partial charge in [0.25, 0.3) is 0 Å². The van der Waals surface area contributed by atoms with E-state index in [1.54, 1.807) is 13.0 Å². The molecule has 0 unspecified atom stereocenters. The van der Waals surface area contributed by atoms with Crippen LogP contribution in [0.25, 0.3) is 0 Å². The Morgan fingerprint density at radius 2 is 2.21 bits per heavy atom. The molecule has 0 aliphatic rings. The van der Waals surface area contributed by atoms with Gasteiger partial charge in [0.05, 0.1) is 5.69 Å². The van der Waals surface area contributed by atoms with Gasteiger partial charge in [-0.05, 0) is 36.2 Å². The van der Waals surface area contributed by atoms with E-state index in [0.717, 1.165) is 10.5 Å². The van der Waals surface area contributed by atoms with Gasteiger partial charge in [0.2, 0.25) is 0 Å². The van der Waals surface area contributed by atoms with Crippen LogP contribution < -0.4 is 4.90 Å². The summed E-state index contributed by atoms with van der Waals surface area (Å²) in [5.74, 6) is -0.514. The van der Waals surface area contributed by atoms with Crippen LogP contribution >= 0.6 is 23.2 Å². The molecule has 0 fully saturated rings. The molecule has 2 nitrogen and oxygen atoms in total. The van der Waals surface area contributed by atoms with Gasteiger partial charge >= 0.3 is 5.37 Å². The maximum Gasteiger partial charge on any atom is 0.321 e. The van der Waals surface area contributed by atoms with Crippen molar-refractivity contribution in [3.8, 4) is 0 Å². The minimum Gasteiger partial charge on any atom is -0.282 e. The van der Waals surface area contributed by atoms with Gasteiger partial charge in [0.1, 0.15) is 11.8 Å². The first-order valence-corrected chi connectivity index (χ1v) is 4.76. The molecule has 14 heavy (non-hydrogen) atoms. The Hall–Kier alpha value is -0.800. The Kier molecular flexibility index (Phi) is 3.72. The molecule has 0 aliphatic carbocycles. The number of anilines is 1. The average Bonchev–Trinajstić information content (AvgIpc) is 2.09. The second kappa shape index (κ2) is 4.62. The predicted octanol–water partition coefficient (Wildman–Crippen LogP) is 3.50. The van der Waals surface area contributed by atoms with Gasteiger partial charge in [0, 0.05) is 0 Å². The predicted molar refractivity (Wildman–Crippen MR) is 55.6 cm³/mol. The Morgan fingerprint density at radius 3 is 2.64 bits per heavy atom. The van der Waals surface area contributed by atoms with Crippen LogP contribution in [0.3, 0.4) is 0 Å². The van der Waals surface area contributed by atoms with Gasteiger partial charge in [0.15, 0.2) is 0 Å². The fourth-order valence-electron chi connectivity index (χ4n) is 1.04. The maximum atomic E-state index is 13.3. The quantitative estimate of drug-likeness (QED) is 0.437. The van der Waals surface area contributed by atoms with Gasteiger partial charge in [-0.15, -0.1) is 11.6 Å². The van der Waals surface area contributed by atoms with E-state index >= 15 is 0 Å². The van der Waals surface area contributed by atoms with Gasteiger partial charge < -0.3 is 0 Å². The molecule has 0 heterocycles. The van der Waals surface area contributed by atoms with Crippen molar-refractivity contribution in [3.63, 3.8) is 0 Å². The summed E-state index contributed by atoms with van der Waals surface area (Å²) in [6.45, 7) is 1.75. The number of rotatable bonds is 2. The molecule has 1 aromatic rings. The van der Waals surface area contributed by atoms with Crippen molar-refractivity contribution < 1.29 is 9.18 Å². The summed E-state index contributed by atoms with van der Waals surface area (Å²) in [5.41, 5.74) is 0.855. The molecular formula is C9H8Cl2FNO. The average molecular weight is 236 g/mol. The third-order valence-corrected chi connectivity index (χ3v) is 2.17. The summed E-state index contributed by atoms with van der Waals surface area (Å²) in [7, 11) is 0. The van der Waals surface area contributed by atoms with Gasteiger partial charge in [-0.2, -0.15) is 0 Å². The van der Waals surface area contributed by atoms with E-state index in [2.05, 4.69) is 0 Å². The summed E-state index contributed by atoms with van der Waals surface area (Å²) >= 11 is 10.7. The van der Waals surface area contributed by atoms with Crippen LogP contribution in [0.2, 0.25) is 0 Å². The van der Waals surface area contributed by atoms with Crippen LogP contribution in [-0.2, 0) is 0 Å². The lowest BCUT2D eigenvalue weighted by atomic mass is 10.2. The van der Waals surface area contributed by atoms with E-state index in [9.17, 15) is 9.18 Å². The van der Waals surface area contributed by atoms with Crippen LogP contribution in [0.4, 0.5) is 14.9 Å². The topological polar surface area (TPSA) is 20.3 Å². The molecular weight excluding hydrogens is 228 g/mol. The first-order chi connectivity index (χ1) is 6.56. The molecule has 0 spiro atoms. The highest BCUT2D eigenvalue weighted by Gasteiger charge is 2.15. The van der Waals surface area contributed by atoms with E-state index in [1.807, 2.05) is 0 Å². The van der Waals surface area contributed by atoms with Crippen LogP contribution in [0.1, 0.15) is 5.56 Å². The van der Waals surface area contributed by atoms with Gasteiger partial charge in [-0.3, -0.25) is 9.69 Å². The zero-order valence-electron chi connectivity index (χ0n) is 7.43. The van der Waals surface area contributed by atoms with Gasteiger partial charge in [-0.1, -0.05) is 6.07 Å². The molecule has 5 heteroatoms. The Balaban J connectivity index is 3.10. The Morgan fingerprint density at radius 1 is 1.57 bits per heavy atom. The molecule has 0 saturated carbocycles. The third-order valence-electron chi connectivity index (χ3n) is 1.73. The van der Waals surface area contributed by atoms with Crippen molar-refractivity contribution in [1.29, 1.82) is 0 Å². The highest BCUT2D eigenvalue weighted by Crippen LogP contribution is 2.22. The molecule has 0 N–H and O–H groups in total. The lowest BCUT2D eigenvalue weighted by Gasteiger charge is -2.16. The van der Waals surface area contributed by atoms with E-state index in [0.29, 0.717) is 0 Å². The molecule has 0 atom stereocenters. The number of carbonyl (C=O) groups excluding carboxylic acids is 1. The number of hydrogen-bond donors (Lipinski definition) is 0. The Labute approximate surface area is 91.2 Å². The fourth-order valence-corrected chi connectivity index (χ4v) is 1.49. The van der Waals surface area contributed by atoms with Gasteiger partial charge in [-0.25, -0.2) is 4.39 Å². The molecule has 0 aromatic heterocycles. The molecule has 0 saturated heterocycles. The van der Waals surface area contributed by atoms with Crippen LogP contribution in [0.15, 0.2) is 18.2 Å². The van der Waals surface area contributed by atoms with Crippen molar-refractivity contribution in [2.75, 3.05) is 10.9 Å². The fraction of sp³-hybridized carbons (Fsp3) is 0.222. The number of halogens is 3. The minimum atomic E-state index is -0.803. The molecule has 1 rings (SSSR count). The standard InChI is InChI=1S/C9H8Cl2FNO/c1-6-2-3-8(7(12)4-6)13(5-10)9(11)14/h2-4H,5H2,1H3. The minimum absolute atomic E-state index is 0.0885. The third kappa shape index (κ3) is 2.36. The van der Waals surface area contributed by atoms with Crippen LogP contribution in [-0.4, -0.2) is 11.4 Å². The highest BCUT2D eigenvalue weighted by atomic mass is 35.5. The maximum absolute atomic E-state index is 13.3. The van der Waals surface area contributed by atoms with E-state index in [4.69, 9.17) is 23.2 Å². The van der Waals surface area contributed by atoms with E-state index < -0.39 is 11.2 Å². The number of hydrogen-bond acceptors (Lipinski definition) is 1. The number of aryl methyl sites for hydroxylation is 1. The lowest BCUT2D eigenvalue weighted by Crippen LogP contribution is -2.24. The summed E-state index contributed by atoms with van der Waals surface area (Å²) in [6.07, 6.45) is 0. The lowest BCUT2D eigenvalue weighted by molar-refractivity contribution is 0.264. The van der Waals surface area contributed by atoms with E-state index in [1.165, 1.54) is 12.1 Å². The largest absolute Gasteiger partial charge is 0.321 e. The Bertz CT molecular complexity index is 357. The molecule has 1 aromatic carbocycles. The first-order valence-electron chi connectivity index (χ1n) is 3.85. The van der Waals surface area contributed by atoms with Crippen LogP contribution in [0, 0.1) is 12.7 Å². The second-order valence-electron chi connectivity index (χ2n) is 2.76. The van der Waals surface area contributed by atoms with Crippen LogP contribution in [0.5, 0.6) is 0 Å². The molecule has 0 radical (unpaired) electrons. The summed E-state index contributed by atoms with van der Waals surface area (Å²) in [6, 6.07) is 4.28. The molecule has 0 aliphatic heterocycles. The molecule has 1 amide bonds. The number of alkyl halides is 1. The number of amides is 1. The smallest absolute Gasteiger partial charge is 0.282 e. The zero-order chi connectivity index (χ0) is 10.7. The summed E-state index contributed by atoms with van der Waals surface area (Å²) in [5, 5.41) is -0.803. The highest BCUT2D eigenvalue weighted by molar-refractivity contribution is 6.66. The second-order valence-corrected chi connectivity index (χ2v) is 3.32. The van der Waals surface area contributed by atoms with Crippen molar-refractivity contribution in [2.24, 2.45) is 0 Å². The summed E-state index contributed by atoms with van der Waals surface area (Å²) in [4.78, 5) is 11.8. The van der Waals surface area contributed by atoms with Crippen molar-refractivity contribution in [3.05, 3.63) is 29.6 Å².